The second kappa shape index (κ2) is 6.34. The van der Waals surface area contributed by atoms with Crippen LogP contribution < -0.4 is 0 Å². The van der Waals surface area contributed by atoms with E-state index in [0.29, 0.717) is 6.10 Å². The number of likely N-dealkylation sites (tertiary alicyclic amines) is 1. The van der Waals surface area contributed by atoms with Gasteiger partial charge in [0.2, 0.25) is 0 Å². The number of alkyl halides is 1. The van der Waals surface area contributed by atoms with Crippen molar-refractivity contribution in [2.75, 3.05) is 44.7 Å². The van der Waals surface area contributed by atoms with Crippen LogP contribution in [0.2, 0.25) is 0 Å². The first-order valence-corrected chi connectivity index (χ1v) is 7.59. The Morgan fingerprint density at radius 3 is 3.00 bits per heavy atom. The number of morpholine rings is 1. The summed E-state index contributed by atoms with van der Waals surface area (Å²) < 4.78 is 5.87. The molecule has 0 radical (unpaired) electrons. The zero-order valence-corrected chi connectivity index (χ0v) is 11.8. The molecule has 2 aliphatic heterocycles. The second-order valence-electron chi connectivity index (χ2n) is 4.83. The third kappa shape index (κ3) is 3.19. The summed E-state index contributed by atoms with van der Waals surface area (Å²) in [6.07, 6.45) is 3.11. The lowest BCUT2D eigenvalue weighted by atomic mass is 10.2. The van der Waals surface area contributed by atoms with E-state index in [2.05, 4.69) is 32.7 Å². The van der Waals surface area contributed by atoms with Gasteiger partial charge in [0, 0.05) is 31.0 Å². The Hall–Kier alpha value is 0.360. The predicted molar refractivity (Wildman–Crippen MR) is 70.2 cm³/mol. The van der Waals surface area contributed by atoms with Gasteiger partial charge in [0.25, 0.3) is 0 Å². The largest absolute Gasteiger partial charge is 0.374 e. The molecule has 0 N–H and O–H groups in total. The minimum Gasteiger partial charge on any atom is -0.374 e. The lowest BCUT2D eigenvalue weighted by molar-refractivity contribution is -0.0423. The smallest absolute Gasteiger partial charge is 0.0829 e. The highest BCUT2D eigenvalue weighted by atomic mass is 79.9. The number of hydrogen-bond donors (Lipinski definition) is 0. The molecule has 2 rings (SSSR count). The van der Waals surface area contributed by atoms with E-state index >= 15 is 0 Å². The van der Waals surface area contributed by atoms with Crippen LogP contribution >= 0.6 is 15.9 Å². The van der Waals surface area contributed by atoms with Gasteiger partial charge < -0.3 is 4.74 Å². The molecule has 0 aliphatic carbocycles. The molecule has 2 atom stereocenters. The van der Waals surface area contributed by atoms with Gasteiger partial charge in [-0.3, -0.25) is 9.80 Å². The van der Waals surface area contributed by atoms with Crippen molar-refractivity contribution in [3.05, 3.63) is 0 Å². The zero-order valence-electron chi connectivity index (χ0n) is 10.2. The van der Waals surface area contributed by atoms with Gasteiger partial charge in [-0.05, 0) is 25.9 Å². The standard InChI is InChI=1S/C12H23BrN2O/c1-2-14-6-7-16-12(9-14)10-15-5-3-4-11(15)8-13/h11-12H,2-10H2,1H3. The maximum atomic E-state index is 5.87. The summed E-state index contributed by atoms with van der Waals surface area (Å²) in [5, 5.41) is 1.11. The maximum Gasteiger partial charge on any atom is 0.0829 e. The number of ether oxygens (including phenoxy) is 1. The average Bonchev–Trinajstić information content (AvgIpc) is 2.76. The van der Waals surface area contributed by atoms with Crippen molar-refractivity contribution in [3.8, 4) is 0 Å². The van der Waals surface area contributed by atoms with E-state index in [0.717, 1.165) is 44.2 Å². The van der Waals surface area contributed by atoms with Crippen LogP contribution in [0.15, 0.2) is 0 Å². The van der Waals surface area contributed by atoms with Crippen LogP contribution in [0.4, 0.5) is 0 Å². The highest BCUT2D eigenvalue weighted by molar-refractivity contribution is 9.09. The summed E-state index contributed by atoms with van der Waals surface area (Å²) in [5.41, 5.74) is 0. The van der Waals surface area contributed by atoms with E-state index in [-0.39, 0.29) is 0 Å². The summed E-state index contributed by atoms with van der Waals surface area (Å²) in [4.78, 5) is 5.09. The van der Waals surface area contributed by atoms with Crippen molar-refractivity contribution in [1.29, 1.82) is 0 Å². The third-order valence-corrected chi connectivity index (χ3v) is 4.53. The van der Waals surface area contributed by atoms with E-state index in [1.165, 1.54) is 19.4 Å². The van der Waals surface area contributed by atoms with Gasteiger partial charge in [0.1, 0.15) is 0 Å². The highest BCUT2D eigenvalue weighted by Crippen LogP contribution is 2.20. The van der Waals surface area contributed by atoms with E-state index < -0.39 is 0 Å². The van der Waals surface area contributed by atoms with Crippen molar-refractivity contribution in [2.45, 2.75) is 31.9 Å². The topological polar surface area (TPSA) is 15.7 Å². The number of halogens is 1. The minimum atomic E-state index is 0.424. The molecule has 2 saturated heterocycles. The first-order valence-electron chi connectivity index (χ1n) is 6.47. The molecule has 0 bridgehead atoms. The first kappa shape index (κ1) is 12.8. The van der Waals surface area contributed by atoms with Crippen LogP contribution in [0, 0.1) is 0 Å². The number of likely N-dealkylation sites (N-methyl/N-ethyl adjacent to an activating group) is 1. The van der Waals surface area contributed by atoms with Gasteiger partial charge in [0.15, 0.2) is 0 Å². The lowest BCUT2D eigenvalue weighted by Gasteiger charge is -2.35. The van der Waals surface area contributed by atoms with Crippen LogP contribution in [0.3, 0.4) is 0 Å². The Morgan fingerprint density at radius 2 is 2.25 bits per heavy atom. The molecular formula is C12H23BrN2O. The molecule has 0 saturated carbocycles. The maximum absolute atomic E-state index is 5.87. The predicted octanol–water partition coefficient (Wildman–Crippen LogP) is 1.57. The van der Waals surface area contributed by atoms with Gasteiger partial charge in [-0.1, -0.05) is 22.9 Å². The van der Waals surface area contributed by atoms with Crippen LogP contribution in [0.25, 0.3) is 0 Å². The van der Waals surface area contributed by atoms with E-state index in [9.17, 15) is 0 Å². The zero-order chi connectivity index (χ0) is 11.4. The van der Waals surface area contributed by atoms with Gasteiger partial charge in [0.05, 0.1) is 12.7 Å². The first-order chi connectivity index (χ1) is 7.83. The van der Waals surface area contributed by atoms with E-state index in [1.807, 2.05) is 0 Å². The minimum absolute atomic E-state index is 0.424. The molecule has 16 heavy (non-hydrogen) atoms. The van der Waals surface area contributed by atoms with Crippen molar-refractivity contribution < 1.29 is 4.74 Å². The normalized spacial score (nSPS) is 33.4. The molecule has 2 heterocycles. The summed E-state index contributed by atoms with van der Waals surface area (Å²) in [6.45, 7) is 8.89. The fourth-order valence-electron chi connectivity index (χ4n) is 2.75. The fraction of sp³-hybridized carbons (Fsp3) is 1.00. The Kier molecular flexibility index (Phi) is 5.07. The molecule has 0 amide bonds. The molecule has 3 nitrogen and oxygen atoms in total. The van der Waals surface area contributed by atoms with Crippen molar-refractivity contribution in [2.24, 2.45) is 0 Å². The molecule has 94 valence electrons. The van der Waals surface area contributed by atoms with Crippen LogP contribution in [0.1, 0.15) is 19.8 Å². The Labute approximate surface area is 107 Å². The summed E-state index contributed by atoms with van der Waals surface area (Å²) in [5.74, 6) is 0. The summed E-state index contributed by atoms with van der Waals surface area (Å²) in [6, 6.07) is 0.737. The molecule has 0 aromatic carbocycles. The van der Waals surface area contributed by atoms with Crippen LogP contribution in [0.5, 0.6) is 0 Å². The third-order valence-electron chi connectivity index (χ3n) is 3.79. The number of nitrogens with zero attached hydrogens (tertiary/aromatic N) is 2. The Morgan fingerprint density at radius 1 is 1.38 bits per heavy atom. The fourth-order valence-corrected chi connectivity index (χ4v) is 3.48. The molecule has 2 aliphatic rings. The molecule has 2 unspecified atom stereocenters. The molecule has 2 fully saturated rings. The summed E-state index contributed by atoms with van der Waals surface area (Å²) in [7, 11) is 0. The highest BCUT2D eigenvalue weighted by Gasteiger charge is 2.28. The van der Waals surface area contributed by atoms with Gasteiger partial charge >= 0.3 is 0 Å². The van der Waals surface area contributed by atoms with E-state index in [4.69, 9.17) is 4.74 Å². The van der Waals surface area contributed by atoms with E-state index in [1.54, 1.807) is 0 Å². The SMILES string of the molecule is CCN1CCOC(CN2CCCC2CBr)C1. The van der Waals surface area contributed by atoms with Crippen molar-refractivity contribution in [1.82, 2.24) is 9.80 Å². The lowest BCUT2D eigenvalue weighted by Crippen LogP contribution is -2.48. The second-order valence-corrected chi connectivity index (χ2v) is 5.48. The van der Waals surface area contributed by atoms with Gasteiger partial charge in [-0.15, -0.1) is 0 Å². The van der Waals surface area contributed by atoms with Crippen molar-refractivity contribution in [3.63, 3.8) is 0 Å². The van der Waals surface area contributed by atoms with Crippen LogP contribution in [-0.2, 0) is 4.74 Å². The molecule has 0 aromatic heterocycles. The average molecular weight is 291 g/mol. The van der Waals surface area contributed by atoms with Gasteiger partial charge in [-0.25, -0.2) is 0 Å². The number of hydrogen-bond acceptors (Lipinski definition) is 3. The quantitative estimate of drug-likeness (QED) is 0.731. The number of rotatable bonds is 4. The monoisotopic (exact) mass is 290 g/mol. The van der Waals surface area contributed by atoms with Gasteiger partial charge in [-0.2, -0.15) is 0 Å². The van der Waals surface area contributed by atoms with Crippen LogP contribution in [-0.4, -0.2) is 66.6 Å². The summed E-state index contributed by atoms with van der Waals surface area (Å²) >= 11 is 3.61. The molecular weight excluding hydrogens is 268 g/mol. The Balaban J connectivity index is 1.79. The molecule has 0 aromatic rings. The molecule has 4 heteroatoms. The molecule has 0 spiro atoms. The Bertz CT molecular complexity index is 215. The van der Waals surface area contributed by atoms with Crippen molar-refractivity contribution >= 4 is 15.9 Å².